The second-order valence-electron chi connectivity index (χ2n) is 4.10. The fourth-order valence-electron chi connectivity index (χ4n) is 1.70. The summed E-state index contributed by atoms with van der Waals surface area (Å²) in [5.74, 6) is -0.220. The van der Waals surface area contributed by atoms with Crippen LogP contribution in [0.25, 0.3) is 0 Å². The van der Waals surface area contributed by atoms with Crippen molar-refractivity contribution >= 4 is 17.6 Å². The first-order valence-electron chi connectivity index (χ1n) is 5.82. The van der Waals surface area contributed by atoms with E-state index in [9.17, 15) is 4.79 Å². The lowest BCUT2D eigenvalue weighted by molar-refractivity contribution is -0.136. The molecular weight excluding hydrogens is 264 g/mol. The molecule has 98 valence electrons. The molecule has 0 saturated carbocycles. The van der Waals surface area contributed by atoms with E-state index in [1.54, 1.807) is 30.3 Å². The van der Waals surface area contributed by atoms with E-state index in [-0.39, 0.29) is 6.42 Å². The Morgan fingerprint density at radius 1 is 1.16 bits per heavy atom. The number of carbonyl (C=O) groups is 1. The molecule has 0 aliphatic carbocycles. The number of hydrogen-bond acceptors (Lipinski definition) is 2. The van der Waals surface area contributed by atoms with Crippen LogP contribution in [0.5, 0.6) is 5.75 Å². The van der Waals surface area contributed by atoms with Gasteiger partial charge in [0, 0.05) is 10.6 Å². The van der Waals surface area contributed by atoms with Gasteiger partial charge in [0.15, 0.2) is 0 Å². The summed E-state index contributed by atoms with van der Waals surface area (Å²) in [7, 11) is 0. The molecule has 0 bridgehead atoms. The third-order valence-corrected chi connectivity index (χ3v) is 2.97. The van der Waals surface area contributed by atoms with Crippen molar-refractivity contribution in [2.45, 2.75) is 13.0 Å². The van der Waals surface area contributed by atoms with Crippen LogP contribution in [0.2, 0.25) is 5.02 Å². The Labute approximate surface area is 116 Å². The van der Waals surface area contributed by atoms with Gasteiger partial charge in [-0.15, -0.1) is 0 Å². The molecule has 0 heterocycles. The maximum Gasteiger partial charge on any atom is 0.307 e. The zero-order chi connectivity index (χ0) is 13.7. The Bertz CT molecular complexity index is 581. The van der Waals surface area contributed by atoms with Gasteiger partial charge in [-0.05, 0) is 23.8 Å². The predicted octanol–water partition coefficient (Wildman–Crippen LogP) is 3.55. The average molecular weight is 277 g/mol. The zero-order valence-electron chi connectivity index (χ0n) is 10.2. The maximum atomic E-state index is 10.6. The second kappa shape index (κ2) is 6.25. The van der Waals surface area contributed by atoms with Gasteiger partial charge < -0.3 is 9.84 Å². The number of halogens is 1. The Hall–Kier alpha value is -2.00. The van der Waals surface area contributed by atoms with Crippen LogP contribution in [-0.2, 0) is 17.8 Å². The lowest BCUT2D eigenvalue weighted by Gasteiger charge is -2.08. The number of aliphatic carboxylic acids is 1. The number of carboxylic acid groups (broad SMARTS) is 1. The molecule has 0 unspecified atom stereocenters. The Balaban J connectivity index is 2.03. The first-order valence-corrected chi connectivity index (χ1v) is 6.20. The van der Waals surface area contributed by atoms with Crippen molar-refractivity contribution in [2.24, 2.45) is 0 Å². The normalized spacial score (nSPS) is 10.2. The summed E-state index contributed by atoms with van der Waals surface area (Å²) in [4.78, 5) is 10.6. The van der Waals surface area contributed by atoms with E-state index in [1.165, 1.54) is 0 Å². The summed E-state index contributed by atoms with van der Waals surface area (Å²) >= 11 is 6.03. The molecule has 3 nitrogen and oxygen atoms in total. The second-order valence-corrected chi connectivity index (χ2v) is 4.51. The van der Waals surface area contributed by atoms with Crippen molar-refractivity contribution in [3.63, 3.8) is 0 Å². The van der Waals surface area contributed by atoms with E-state index in [0.717, 1.165) is 5.56 Å². The molecule has 0 fully saturated rings. The van der Waals surface area contributed by atoms with Crippen LogP contribution in [0.1, 0.15) is 11.1 Å². The van der Waals surface area contributed by atoms with Crippen molar-refractivity contribution in [3.05, 3.63) is 64.7 Å². The molecule has 19 heavy (non-hydrogen) atoms. The molecule has 2 aromatic carbocycles. The highest BCUT2D eigenvalue weighted by Crippen LogP contribution is 2.19. The van der Waals surface area contributed by atoms with Gasteiger partial charge in [0.1, 0.15) is 12.4 Å². The van der Waals surface area contributed by atoms with Crippen LogP contribution in [0.15, 0.2) is 48.5 Å². The van der Waals surface area contributed by atoms with Crippen molar-refractivity contribution in [1.82, 2.24) is 0 Å². The highest BCUT2D eigenvalue weighted by Gasteiger charge is 2.03. The third kappa shape index (κ3) is 4.00. The van der Waals surface area contributed by atoms with Crippen LogP contribution in [0, 0.1) is 0 Å². The van der Waals surface area contributed by atoms with Crippen LogP contribution in [-0.4, -0.2) is 11.1 Å². The van der Waals surface area contributed by atoms with Crippen LogP contribution >= 0.6 is 11.6 Å². The lowest BCUT2D eigenvalue weighted by Crippen LogP contribution is -2.01. The largest absolute Gasteiger partial charge is 0.489 e. The number of rotatable bonds is 5. The lowest BCUT2D eigenvalue weighted by atomic mass is 10.1. The molecule has 1 N–H and O–H groups in total. The fraction of sp³-hybridized carbons (Fsp3) is 0.133. The van der Waals surface area contributed by atoms with Gasteiger partial charge in [0.2, 0.25) is 0 Å². The topological polar surface area (TPSA) is 46.5 Å². The van der Waals surface area contributed by atoms with Crippen molar-refractivity contribution in [1.29, 1.82) is 0 Å². The monoisotopic (exact) mass is 276 g/mol. The standard InChI is InChI=1S/C15H13ClO3/c16-14-7-2-1-5-12(14)10-19-13-6-3-4-11(8-13)9-15(17)18/h1-8H,9-10H2,(H,17,18). The summed E-state index contributed by atoms with van der Waals surface area (Å²) in [6, 6.07) is 14.5. The van der Waals surface area contributed by atoms with Gasteiger partial charge >= 0.3 is 5.97 Å². The number of ether oxygens (including phenoxy) is 1. The predicted molar refractivity (Wildman–Crippen MR) is 73.6 cm³/mol. The number of hydrogen-bond donors (Lipinski definition) is 1. The molecule has 0 atom stereocenters. The molecule has 2 rings (SSSR count). The molecular formula is C15H13ClO3. The van der Waals surface area contributed by atoms with Gasteiger partial charge in [0.05, 0.1) is 6.42 Å². The Morgan fingerprint density at radius 3 is 2.68 bits per heavy atom. The van der Waals surface area contributed by atoms with E-state index in [0.29, 0.717) is 22.9 Å². The summed E-state index contributed by atoms with van der Waals surface area (Å²) in [6.07, 6.45) is -0.0106. The summed E-state index contributed by atoms with van der Waals surface area (Å²) < 4.78 is 5.62. The average Bonchev–Trinajstić information content (AvgIpc) is 2.37. The Morgan fingerprint density at radius 2 is 1.95 bits per heavy atom. The first-order chi connectivity index (χ1) is 9.15. The maximum absolute atomic E-state index is 10.6. The van der Waals surface area contributed by atoms with Crippen molar-refractivity contribution < 1.29 is 14.6 Å². The van der Waals surface area contributed by atoms with Gasteiger partial charge in [-0.1, -0.05) is 41.9 Å². The van der Waals surface area contributed by atoms with Gasteiger partial charge in [0.25, 0.3) is 0 Å². The van der Waals surface area contributed by atoms with Gasteiger partial charge in [-0.25, -0.2) is 0 Å². The molecule has 0 aliphatic rings. The minimum absolute atomic E-state index is 0.0106. The fourth-order valence-corrected chi connectivity index (χ4v) is 1.89. The smallest absolute Gasteiger partial charge is 0.307 e. The first kappa shape index (κ1) is 13.4. The van der Waals surface area contributed by atoms with E-state index >= 15 is 0 Å². The quantitative estimate of drug-likeness (QED) is 0.908. The van der Waals surface area contributed by atoms with Crippen molar-refractivity contribution in [3.8, 4) is 5.75 Å². The SMILES string of the molecule is O=C(O)Cc1cccc(OCc2ccccc2Cl)c1. The molecule has 0 aliphatic heterocycles. The minimum Gasteiger partial charge on any atom is -0.489 e. The van der Waals surface area contributed by atoms with Crippen LogP contribution in [0.4, 0.5) is 0 Å². The van der Waals surface area contributed by atoms with E-state index in [4.69, 9.17) is 21.4 Å². The molecule has 0 amide bonds. The highest BCUT2D eigenvalue weighted by atomic mass is 35.5. The van der Waals surface area contributed by atoms with Crippen LogP contribution < -0.4 is 4.74 Å². The van der Waals surface area contributed by atoms with Crippen LogP contribution in [0.3, 0.4) is 0 Å². The number of benzene rings is 2. The Kier molecular flexibility index (Phi) is 4.42. The van der Waals surface area contributed by atoms with Gasteiger partial charge in [-0.3, -0.25) is 4.79 Å². The number of carboxylic acids is 1. The van der Waals surface area contributed by atoms with Gasteiger partial charge in [-0.2, -0.15) is 0 Å². The molecule has 4 heteroatoms. The van der Waals surface area contributed by atoms with E-state index in [2.05, 4.69) is 0 Å². The zero-order valence-corrected chi connectivity index (χ0v) is 10.9. The molecule has 0 saturated heterocycles. The molecule has 0 radical (unpaired) electrons. The molecule has 0 aromatic heterocycles. The summed E-state index contributed by atoms with van der Waals surface area (Å²) in [5, 5.41) is 9.40. The van der Waals surface area contributed by atoms with E-state index in [1.807, 2.05) is 18.2 Å². The summed E-state index contributed by atoms with van der Waals surface area (Å²) in [6.45, 7) is 0.357. The molecule has 2 aromatic rings. The van der Waals surface area contributed by atoms with E-state index < -0.39 is 5.97 Å². The highest BCUT2D eigenvalue weighted by molar-refractivity contribution is 6.31. The van der Waals surface area contributed by atoms with Crippen molar-refractivity contribution in [2.75, 3.05) is 0 Å². The molecule has 0 spiro atoms. The minimum atomic E-state index is -0.858. The third-order valence-electron chi connectivity index (χ3n) is 2.61. The summed E-state index contributed by atoms with van der Waals surface area (Å²) in [5.41, 5.74) is 1.61.